The molecule has 1 rings (SSSR count). The van der Waals surface area contributed by atoms with Gasteiger partial charge in [0.05, 0.1) is 30.1 Å². The summed E-state index contributed by atoms with van der Waals surface area (Å²) in [6.07, 6.45) is 0. The van der Waals surface area contributed by atoms with Crippen molar-refractivity contribution in [1.82, 2.24) is 9.62 Å². The summed E-state index contributed by atoms with van der Waals surface area (Å²) in [6, 6.07) is 7.14. The van der Waals surface area contributed by atoms with Crippen LogP contribution in [-0.4, -0.2) is 56.9 Å². The number of hydrogen-bond donors (Lipinski definition) is 2. The molecule has 148 valence electrons. The zero-order valence-electron chi connectivity index (χ0n) is 16.9. The van der Waals surface area contributed by atoms with Crippen molar-refractivity contribution in [3.63, 3.8) is 0 Å². The third-order valence-electron chi connectivity index (χ3n) is 4.64. The molecule has 6 nitrogen and oxygen atoms in total. The molecule has 2 N–H and O–H groups in total. The zero-order chi connectivity index (χ0) is 19.9. The smallest absolute Gasteiger partial charge is 0.251 e. The Balaban J connectivity index is 2.73. The molecule has 0 saturated carbocycles. The van der Waals surface area contributed by atoms with Gasteiger partial charge in [-0.25, -0.2) is 8.42 Å². The van der Waals surface area contributed by atoms with Crippen LogP contribution in [0.2, 0.25) is 0 Å². The lowest BCUT2D eigenvalue weighted by Crippen LogP contribution is -3.18. The van der Waals surface area contributed by atoms with Crippen LogP contribution in [0, 0.1) is 0 Å². The Morgan fingerprint density at radius 3 is 1.96 bits per heavy atom. The predicted octanol–water partition coefficient (Wildman–Crippen LogP) is 1.15. The number of nitrogens with one attached hydrogen (secondary N) is 2. The van der Waals surface area contributed by atoms with Crippen LogP contribution >= 0.6 is 0 Å². The van der Waals surface area contributed by atoms with Crippen molar-refractivity contribution < 1.29 is 18.1 Å². The predicted molar refractivity (Wildman–Crippen MR) is 105 cm³/mol. The highest BCUT2D eigenvalue weighted by Gasteiger charge is 2.22. The maximum atomic E-state index is 12.5. The highest BCUT2D eigenvalue weighted by atomic mass is 32.2. The minimum atomic E-state index is -3.49. The van der Waals surface area contributed by atoms with Gasteiger partial charge in [-0.05, 0) is 52.0 Å². The van der Waals surface area contributed by atoms with Gasteiger partial charge in [-0.3, -0.25) is 4.79 Å². The molecule has 1 aromatic rings. The third kappa shape index (κ3) is 5.79. The summed E-state index contributed by atoms with van der Waals surface area (Å²) in [7, 11) is -3.49. The number of carbonyl (C=O) groups excluding carboxylic acids is 1. The molecular formula is C19H34N3O3S+. The maximum absolute atomic E-state index is 12.5. The summed E-state index contributed by atoms with van der Waals surface area (Å²) in [5.41, 5.74) is 0.471. The summed E-state index contributed by atoms with van der Waals surface area (Å²) in [6.45, 7) is 14.6. The van der Waals surface area contributed by atoms with Crippen LogP contribution in [0.15, 0.2) is 29.2 Å². The topological polar surface area (TPSA) is 70.9 Å². The first-order chi connectivity index (χ1) is 12.1. The van der Waals surface area contributed by atoms with Crippen molar-refractivity contribution in [3.05, 3.63) is 29.8 Å². The second-order valence-corrected chi connectivity index (χ2v) is 8.94. The summed E-state index contributed by atoms with van der Waals surface area (Å²) in [5.74, 6) is -0.177. The molecule has 26 heavy (non-hydrogen) atoms. The molecule has 0 bridgehead atoms. The van der Waals surface area contributed by atoms with Gasteiger partial charge in [-0.2, -0.15) is 4.31 Å². The summed E-state index contributed by atoms with van der Waals surface area (Å²) >= 11 is 0. The number of quaternary nitrogens is 1. The lowest BCUT2D eigenvalue weighted by molar-refractivity contribution is -0.941. The van der Waals surface area contributed by atoms with Gasteiger partial charge in [-0.15, -0.1) is 0 Å². The van der Waals surface area contributed by atoms with E-state index < -0.39 is 10.0 Å². The molecule has 0 atom stereocenters. The van der Waals surface area contributed by atoms with E-state index in [0.29, 0.717) is 37.3 Å². The van der Waals surface area contributed by atoms with E-state index in [4.69, 9.17) is 0 Å². The quantitative estimate of drug-likeness (QED) is 0.636. The Kier molecular flexibility index (Phi) is 8.73. The molecular weight excluding hydrogens is 350 g/mol. The molecule has 0 unspecified atom stereocenters. The van der Waals surface area contributed by atoms with Gasteiger partial charge in [0.25, 0.3) is 5.91 Å². The van der Waals surface area contributed by atoms with E-state index in [1.807, 2.05) is 13.8 Å². The number of nitrogens with zero attached hydrogens (tertiary/aromatic N) is 1. The molecule has 1 aromatic carbocycles. The Hall–Kier alpha value is -1.44. The number of benzene rings is 1. The fourth-order valence-corrected chi connectivity index (χ4v) is 4.62. The number of hydrogen-bond acceptors (Lipinski definition) is 3. The largest absolute Gasteiger partial charge is 0.346 e. The van der Waals surface area contributed by atoms with E-state index >= 15 is 0 Å². The molecule has 0 spiro atoms. The van der Waals surface area contributed by atoms with Gasteiger partial charge >= 0.3 is 0 Å². The van der Waals surface area contributed by atoms with Crippen LogP contribution in [0.5, 0.6) is 0 Å². The van der Waals surface area contributed by atoms with Gasteiger partial charge in [0.15, 0.2) is 0 Å². The van der Waals surface area contributed by atoms with Crippen molar-refractivity contribution in [3.8, 4) is 0 Å². The minimum Gasteiger partial charge on any atom is -0.346 e. The van der Waals surface area contributed by atoms with Crippen LogP contribution in [-0.2, 0) is 10.0 Å². The molecule has 7 heteroatoms. The first-order valence-electron chi connectivity index (χ1n) is 9.39. The van der Waals surface area contributed by atoms with Crippen molar-refractivity contribution >= 4 is 15.9 Å². The fourth-order valence-electron chi connectivity index (χ4n) is 3.16. The van der Waals surface area contributed by atoms with Gasteiger partial charge in [0, 0.05) is 18.7 Å². The molecule has 0 heterocycles. The number of rotatable bonds is 10. The molecule has 0 radical (unpaired) electrons. The average Bonchev–Trinajstić information content (AvgIpc) is 2.58. The Bertz CT molecular complexity index is 658. The van der Waals surface area contributed by atoms with Gasteiger partial charge < -0.3 is 10.2 Å². The summed E-state index contributed by atoms with van der Waals surface area (Å²) in [5, 5.41) is 2.92. The highest BCUT2D eigenvalue weighted by Crippen LogP contribution is 2.16. The van der Waals surface area contributed by atoms with Crippen molar-refractivity contribution in [1.29, 1.82) is 0 Å². The van der Waals surface area contributed by atoms with Crippen LogP contribution in [0.1, 0.15) is 51.9 Å². The van der Waals surface area contributed by atoms with E-state index in [1.165, 1.54) is 21.3 Å². The van der Waals surface area contributed by atoms with Crippen molar-refractivity contribution in [2.24, 2.45) is 0 Å². The number of carbonyl (C=O) groups is 1. The van der Waals surface area contributed by atoms with E-state index in [2.05, 4.69) is 33.0 Å². The molecule has 0 aromatic heterocycles. The Morgan fingerprint density at radius 1 is 1.04 bits per heavy atom. The molecule has 0 aliphatic rings. The maximum Gasteiger partial charge on any atom is 0.251 e. The minimum absolute atomic E-state index is 0.177. The monoisotopic (exact) mass is 384 g/mol. The SMILES string of the molecule is CCN(CC)S(=O)(=O)c1ccc(C(=O)NCC[NH+](C(C)C)C(C)C)cc1. The van der Waals surface area contributed by atoms with E-state index in [0.717, 1.165) is 6.54 Å². The number of sulfonamides is 1. The lowest BCUT2D eigenvalue weighted by atomic mass is 10.2. The second kappa shape index (κ2) is 10.0. The number of amides is 1. The van der Waals surface area contributed by atoms with Crippen molar-refractivity contribution in [2.75, 3.05) is 26.2 Å². The zero-order valence-corrected chi connectivity index (χ0v) is 17.7. The van der Waals surface area contributed by atoms with E-state index in [9.17, 15) is 13.2 Å². The fraction of sp³-hybridized carbons (Fsp3) is 0.632. The molecule has 0 aliphatic heterocycles. The molecule has 0 fully saturated rings. The Morgan fingerprint density at radius 2 is 1.54 bits per heavy atom. The standard InChI is InChI=1S/C19H33N3O3S/c1-7-21(8-2)26(24,25)18-11-9-17(10-12-18)19(23)20-13-14-22(15(3)4)16(5)6/h9-12,15-16H,7-8,13-14H2,1-6H3,(H,20,23)/p+1. The van der Waals surface area contributed by atoms with E-state index in [-0.39, 0.29) is 10.8 Å². The summed E-state index contributed by atoms with van der Waals surface area (Å²) in [4.78, 5) is 13.9. The Labute approximate surface area is 158 Å². The van der Waals surface area contributed by atoms with Crippen LogP contribution < -0.4 is 10.2 Å². The second-order valence-electron chi connectivity index (χ2n) is 7.00. The first kappa shape index (κ1) is 22.6. The van der Waals surface area contributed by atoms with Gasteiger partial charge in [0.2, 0.25) is 10.0 Å². The summed E-state index contributed by atoms with van der Waals surface area (Å²) < 4.78 is 26.3. The molecule has 1 amide bonds. The van der Waals surface area contributed by atoms with Crippen LogP contribution in [0.3, 0.4) is 0 Å². The molecule has 0 aliphatic carbocycles. The lowest BCUT2D eigenvalue weighted by Gasteiger charge is -2.27. The van der Waals surface area contributed by atoms with Crippen LogP contribution in [0.4, 0.5) is 0 Å². The third-order valence-corrected chi connectivity index (χ3v) is 6.71. The highest BCUT2D eigenvalue weighted by molar-refractivity contribution is 7.89. The van der Waals surface area contributed by atoms with Crippen molar-refractivity contribution in [2.45, 2.75) is 58.5 Å². The van der Waals surface area contributed by atoms with Crippen LogP contribution in [0.25, 0.3) is 0 Å². The normalized spacial score (nSPS) is 12.4. The van der Waals surface area contributed by atoms with Gasteiger partial charge in [0.1, 0.15) is 0 Å². The van der Waals surface area contributed by atoms with E-state index in [1.54, 1.807) is 12.1 Å². The molecule has 0 saturated heterocycles. The average molecular weight is 385 g/mol. The van der Waals surface area contributed by atoms with Gasteiger partial charge in [-0.1, -0.05) is 13.8 Å². The first-order valence-corrected chi connectivity index (χ1v) is 10.8.